The van der Waals surface area contributed by atoms with Gasteiger partial charge < -0.3 is 15.1 Å². The van der Waals surface area contributed by atoms with Crippen molar-refractivity contribution < 1.29 is 13.2 Å². The Kier molecular flexibility index (Phi) is 6.70. The van der Waals surface area contributed by atoms with Crippen LogP contribution in [0.3, 0.4) is 0 Å². The fraction of sp³-hybridized carbons (Fsp3) is 0.684. The molecule has 27 heavy (non-hydrogen) atoms. The van der Waals surface area contributed by atoms with Crippen LogP contribution in [0.4, 0.5) is 5.82 Å². The van der Waals surface area contributed by atoms with Crippen molar-refractivity contribution in [2.75, 3.05) is 50.0 Å². The van der Waals surface area contributed by atoms with Gasteiger partial charge in [-0.1, -0.05) is 0 Å². The second-order valence-corrected chi connectivity index (χ2v) is 9.90. The molecule has 0 radical (unpaired) electrons. The highest BCUT2D eigenvalue weighted by molar-refractivity contribution is 7.90. The first-order chi connectivity index (χ1) is 12.9. The van der Waals surface area contributed by atoms with Gasteiger partial charge in [0.15, 0.2) is 0 Å². The number of hydrogen-bond donors (Lipinski definition) is 1. The number of carbonyl (C=O) groups is 1. The molecule has 1 aromatic rings. The molecule has 3 heterocycles. The number of amides is 1. The predicted octanol–water partition coefficient (Wildman–Crippen LogP) is 1.63. The van der Waals surface area contributed by atoms with E-state index in [1.54, 1.807) is 6.20 Å². The lowest BCUT2D eigenvalue weighted by molar-refractivity contribution is 0.0725. The number of piperidine rings is 2. The molecule has 2 fully saturated rings. The zero-order valence-corrected chi connectivity index (χ0v) is 16.9. The first-order valence-corrected chi connectivity index (χ1v) is 11.9. The standard InChI is InChI=1S/C19H30N4O3S/c1-27(25,26)15-14-22-12-7-16(8-13-22)21-18-17(6-5-9-20-18)19(24)23-10-3-2-4-11-23/h5-6,9,16H,2-4,7-8,10-15H2,1H3,(H,20,21). The Morgan fingerprint density at radius 1 is 1.19 bits per heavy atom. The third-order valence-corrected chi connectivity index (χ3v) is 6.31. The fourth-order valence-electron chi connectivity index (χ4n) is 3.75. The molecule has 150 valence electrons. The van der Waals surface area contributed by atoms with Crippen molar-refractivity contribution in [3.05, 3.63) is 23.9 Å². The molecular weight excluding hydrogens is 364 g/mol. The van der Waals surface area contributed by atoms with Crippen molar-refractivity contribution in [2.45, 2.75) is 38.1 Å². The highest BCUT2D eigenvalue weighted by Gasteiger charge is 2.24. The molecule has 7 nitrogen and oxygen atoms in total. The Balaban J connectivity index is 1.56. The van der Waals surface area contributed by atoms with E-state index in [4.69, 9.17) is 0 Å². The summed E-state index contributed by atoms with van der Waals surface area (Å²) in [6.07, 6.45) is 8.16. The van der Waals surface area contributed by atoms with E-state index in [0.717, 1.165) is 51.9 Å². The zero-order chi connectivity index (χ0) is 19.3. The summed E-state index contributed by atoms with van der Waals surface area (Å²) in [5, 5.41) is 3.46. The number of hydrogen-bond acceptors (Lipinski definition) is 6. The van der Waals surface area contributed by atoms with Gasteiger partial charge in [0.2, 0.25) is 0 Å². The number of carbonyl (C=O) groups excluding carboxylic acids is 1. The minimum Gasteiger partial charge on any atom is -0.367 e. The van der Waals surface area contributed by atoms with Crippen LogP contribution in [-0.2, 0) is 9.84 Å². The van der Waals surface area contributed by atoms with Crippen molar-refractivity contribution in [1.82, 2.24) is 14.8 Å². The minimum atomic E-state index is -2.92. The normalized spacial score (nSPS) is 19.8. The van der Waals surface area contributed by atoms with Crippen LogP contribution in [0.1, 0.15) is 42.5 Å². The summed E-state index contributed by atoms with van der Waals surface area (Å²) < 4.78 is 22.7. The Morgan fingerprint density at radius 3 is 2.56 bits per heavy atom. The third-order valence-electron chi connectivity index (χ3n) is 5.39. The topological polar surface area (TPSA) is 82.6 Å². The van der Waals surface area contributed by atoms with Gasteiger partial charge in [0, 0.05) is 51.2 Å². The van der Waals surface area contributed by atoms with Crippen LogP contribution in [0, 0.1) is 0 Å². The summed E-state index contributed by atoms with van der Waals surface area (Å²) in [6, 6.07) is 3.92. The molecule has 0 aliphatic carbocycles. The van der Waals surface area contributed by atoms with Gasteiger partial charge in [0.05, 0.1) is 11.3 Å². The molecule has 1 N–H and O–H groups in total. The van der Waals surface area contributed by atoms with Crippen molar-refractivity contribution in [1.29, 1.82) is 0 Å². The van der Waals surface area contributed by atoms with Crippen molar-refractivity contribution in [3.63, 3.8) is 0 Å². The number of pyridine rings is 1. The lowest BCUT2D eigenvalue weighted by Crippen LogP contribution is -2.41. The molecule has 8 heteroatoms. The molecule has 2 aliphatic rings. The van der Waals surface area contributed by atoms with Crippen molar-refractivity contribution >= 4 is 21.6 Å². The molecule has 0 saturated carbocycles. The summed E-state index contributed by atoms with van der Waals surface area (Å²) in [6.45, 7) is 3.95. The van der Waals surface area contributed by atoms with Gasteiger partial charge in [-0.15, -0.1) is 0 Å². The summed E-state index contributed by atoms with van der Waals surface area (Å²) >= 11 is 0. The van der Waals surface area contributed by atoms with Crippen LogP contribution in [-0.4, -0.2) is 79.9 Å². The molecular formula is C19H30N4O3S. The molecule has 2 saturated heterocycles. The number of aromatic nitrogens is 1. The molecule has 0 unspecified atom stereocenters. The molecule has 1 aromatic heterocycles. The summed E-state index contributed by atoms with van der Waals surface area (Å²) in [4.78, 5) is 21.4. The van der Waals surface area contributed by atoms with Gasteiger partial charge in [0.25, 0.3) is 5.91 Å². The summed E-state index contributed by atoms with van der Waals surface area (Å²) in [5.74, 6) is 0.943. The first kappa shape index (κ1) is 20.1. The van der Waals surface area contributed by atoms with Gasteiger partial charge >= 0.3 is 0 Å². The largest absolute Gasteiger partial charge is 0.367 e. The number of anilines is 1. The zero-order valence-electron chi connectivity index (χ0n) is 16.1. The minimum absolute atomic E-state index is 0.0656. The van der Waals surface area contributed by atoms with E-state index in [1.165, 1.54) is 12.7 Å². The predicted molar refractivity (Wildman–Crippen MR) is 107 cm³/mol. The smallest absolute Gasteiger partial charge is 0.257 e. The van der Waals surface area contributed by atoms with E-state index < -0.39 is 9.84 Å². The van der Waals surface area contributed by atoms with E-state index in [2.05, 4.69) is 15.2 Å². The Morgan fingerprint density at radius 2 is 1.89 bits per heavy atom. The fourth-order valence-corrected chi connectivity index (χ4v) is 4.34. The second-order valence-electron chi connectivity index (χ2n) is 7.64. The maximum absolute atomic E-state index is 12.9. The van der Waals surface area contributed by atoms with E-state index in [1.807, 2.05) is 17.0 Å². The molecule has 0 bridgehead atoms. The third kappa shape index (κ3) is 5.90. The molecule has 0 aromatic carbocycles. The van der Waals surface area contributed by atoms with Crippen LogP contribution in [0.25, 0.3) is 0 Å². The molecule has 0 spiro atoms. The number of sulfone groups is 1. The maximum atomic E-state index is 12.9. The van der Waals surface area contributed by atoms with E-state index in [0.29, 0.717) is 17.9 Å². The lowest BCUT2D eigenvalue weighted by atomic mass is 10.0. The van der Waals surface area contributed by atoms with E-state index in [-0.39, 0.29) is 17.7 Å². The molecule has 1 amide bonds. The quantitative estimate of drug-likeness (QED) is 0.790. The number of nitrogens with one attached hydrogen (secondary N) is 1. The van der Waals surface area contributed by atoms with E-state index >= 15 is 0 Å². The summed E-state index contributed by atoms with van der Waals surface area (Å²) in [7, 11) is -2.92. The molecule has 2 aliphatic heterocycles. The van der Waals surface area contributed by atoms with Crippen LogP contribution >= 0.6 is 0 Å². The highest BCUT2D eigenvalue weighted by atomic mass is 32.2. The van der Waals surface area contributed by atoms with Crippen LogP contribution in [0.5, 0.6) is 0 Å². The first-order valence-electron chi connectivity index (χ1n) is 9.83. The average molecular weight is 395 g/mol. The van der Waals surface area contributed by atoms with Crippen LogP contribution < -0.4 is 5.32 Å². The van der Waals surface area contributed by atoms with Gasteiger partial charge in [-0.2, -0.15) is 0 Å². The number of nitrogens with zero attached hydrogens (tertiary/aromatic N) is 3. The Labute approximate surface area is 162 Å². The van der Waals surface area contributed by atoms with E-state index in [9.17, 15) is 13.2 Å². The van der Waals surface area contributed by atoms with Gasteiger partial charge in [-0.05, 0) is 44.2 Å². The second kappa shape index (κ2) is 9.01. The molecule has 3 rings (SSSR count). The maximum Gasteiger partial charge on any atom is 0.257 e. The van der Waals surface area contributed by atoms with Crippen LogP contribution in [0.2, 0.25) is 0 Å². The highest BCUT2D eigenvalue weighted by Crippen LogP contribution is 2.21. The summed E-state index contributed by atoms with van der Waals surface area (Å²) in [5.41, 5.74) is 0.652. The van der Waals surface area contributed by atoms with Gasteiger partial charge in [-0.25, -0.2) is 13.4 Å². The van der Waals surface area contributed by atoms with Gasteiger partial charge in [-0.3, -0.25) is 4.79 Å². The average Bonchev–Trinajstić information content (AvgIpc) is 2.67. The SMILES string of the molecule is CS(=O)(=O)CCN1CCC(Nc2ncccc2C(=O)N2CCCCC2)CC1. The Hall–Kier alpha value is -1.67. The monoisotopic (exact) mass is 394 g/mol. The number of rotatable bonds is 6. The van der Waals surface area contributed by atoms with Crippen LogP contribution in [0.15, 0.2) is 18.3 Å². The van der Waals surface area contributed by atoms with Crippen molar-refractivity contribution in [3.8, 4) is 0 Å². The molecule has 0 atom stereocenters. The lowest BCUT2D eigenvalue weighted by Gasteiger charge is -2.33. The Bertz CT molecular complexity index is 739. The van der Waals surface area contributed by atoms with Crippen molar-refractivity contribution in [2.24, 2.45) is 0 Å². The number of likely N-dealkylation sites (tertiary alicyclic amines) is 2. The van der Waals surface area contributed by atoms with Gasteiger partial charge in [0.1, 0.15) is 15.7 Å².